The van der Waals surface area contributed by atoms with Gasteiger partial charge in [-0.3, -0.25) is 4.79 Å². The van der Waals surface area contributed by atoms with E-state index in [9.17, 15) is 4.79 Å². The lowest BCUT2D eigenvalue weighted by molar-refractivity contribution is 0.0677. The van der Waals surface area contributed by atoms with Gasteiger partial charge in [0.25, 0.3) is 5.91 Å². The number of hydrogen-bond acceptors (Lipinski definition) is 2. The minimum Gasteiger partial charge on any atom is -0.394 e. The minimum absolute atomic E-state index is 0.0340. The van der Waals surface area contributed by atoms with Crippen molar-refractivity contribution in [3.63, 3.8) is 0 Å². The zero-order valence-electron chi connectivity index (χ0n) is 8.90. The van der Waals surface area contributed by atoms with Crippen LogP contribution in [0.15, 0.2) is 24.3 Å². The van der Waals surface area contributed by atoms with Crippen LogP contribution in [0.25, 0.3) is 0 Å². The van der Waals surface area contributed by atoms with Gasteiger partial charge >= 0.3 is 0 Å². The number of aliphatic hydroxyl groups excluding tert-OH is 1. The first-order chi connectivity index (χ1) is 7.72. The Kier molecular flexibility index (Phi) is 3.46. The molecule has 86 valence electrons. The number of rotatable bonds is 2. The first-order valence-electron chi connectivity index (χ1n) is 5.40. The predicted molar refractivity (Wildman–Crippen MR) is 62.6 cm³/mol. The lowest BCUT2D eigenvalue weighted by atomic mass is 10.2. The van der Waals surface area contributed by atoms with Crippen molar-refractivity contribution in [1.82, 2.24) is 4.90 Å². The number of benzene rings is 1. The van der Waals surface area contributed by atoms with E-state index in [1.54, 1.807) is 29.2 Å². The Balaban J connectivity index is 2.18. The molecule has 0 saturated carbocycles. The van der Waals surface area contributed by atoms with Gasteiger partial charge < -0.3 is 10.0 Å². The average Bonchev–Trinajstić information content (AvgIpc) is 2.76. The van der Waals surface area contributed by atoms with E-state index in [0.717, 1.165) is 19.4 Å². The predicted octanol–water partition coefficient (Wildman–Crippen LogP) is 1.94. The van der Waals surface area contributed by atoms with Crippen molar-refractivity contribution in [3.05, 3.63) is 34.9 Å². The molecular formula is C12H14ClNO2. The van der Waals surface area contributed by atoms with Crippen molar-refractivity contribution >= 4 is 17.5 Å². The van der Waals surface area contributed by atoms with Crippen LogP contribution in [-0.2, 0) is 0 Å². The van der Waals surface area contributed by atoms with Gasteiger partial charge in [-0.05, 0) is 31.0 Å². The molecule has 1 fully saturated rings. The van der Waals surface area contributed by atoms with Gasteiger partial charge in [-0.15, -0.1) is 0 Å². The molecule has 1 aromatic carbocycles. The number of aliphatic hydroxyl groups is 1. The molecule has 4 heteroatoms. The van der Waals surface area contributed by atoms with Crippen LogP contribution in [0, 0.1) is 0 Å². The number of carbonyl (C=O) groups excluding carboxylic acids is 1. The standard InChI is InChI=1S/C12H14ClNO2/c13-10-4-1-3-9(7-10)12(16)14-6-2-5-11(14)8-15/h1,3-4,7,11,15H,2,5-6,8H2. The highest BCUT2D eigenvalue weighted by molar-refractivity contribution is 6.30. The van der Waals surface area contributed by atoms with Crippen LogP contribution in [0.2, 0.25) is 5.02 Å². The third kappa shape index (κ3) is 2.20. The topological polar surface area (TPSA) is 40.5 Å². The molecule has 16 heavy (non-hydrogen) atoms. The van der Waals surface area contributed by atoms with Gasteiger partial charge in [-0.25, -0.2) is 0 Å². The van der Waals surface area contributed by atoms with Crippen molar-refractivity contribution in [3.8, 4) is 0 Å². The maximum absolute atomic E-state index is 12.1. The van der Waals surface area contributed by atoms with E-state index in [4.69, 9.17) is 16.7 Å². The minimum atomic E-state index is -0.0425. The molecule has 1 aromatic rings. The zero-order chi connectivity index (χ0) is 11.5. The van der Waals surface area contributed by atoms with Crippen molar-refractivity contribution in [1.29, 1.82) is 0 Å². The van der Waals surface area contributed by atoms with Gasteiger partial charge in [0.1, 0.15) is 0 Å². The summed E-state index contributed by atoms with van der Waals surface area (Å²) in [6.07, 6.45) is 1.83. The Morgan fingerprint density at radius 3 is 3.06 bits per heavy atom. The maximum atomic E-state index is 12.1. The maximum Gasteiger partial charge on any atom is 0.254 e. The van der Waals surface area contributed by atoms with Gasteiger partial charge in [0.05, 0.1) is 12.6 Å². The normalized spacial score (nSPS) is 20.1. The Morgan fingerprint density at radius 2 is 2.38 bits per heavy atom. The number of carbonyl (C=O) groups is 1. The molecule has 1 aliphatic heterocycles. The van der Waals surface area contributed by atoms with Crippen molar-refractivity contribution in [2.75, 3.05) is 13.2 Å². The summed E-state index contributed by atoms with van der Waals surface area (Å²) in [6, 6.07) is 6.88. The molecule has 1 aliphatic rings. The first kappa shape index (κ1) is 11.4. The fraction of sp³-hybridized carbons (Fsp3) is 0.417. The van der Waals surface area contributed by atoms with Crippen molar-refractivity contribution in [2.24, 2.45) is 0 Å². The second-order valence-electron chi connectivity index (χ2n) is 3.99. The summed E-state index contributed by atoms with van der Waals surface area (Å²) in [6.45, 7) is 0.753. The number of likely N-dealkylation sites (tertiary alicyclic amines) is 1. The molecule has 0 radical (unpaired) electrons. The van der Waals surface area contributed by atoms with E-state index in [2.05, 4.69) is 0 Å². The fourth-order valence-corrected chi connectivity index (χ4v) is 2.27. The molecule has 1 saturated heterocycles. The third-order valence-corrected chi connectivity index (χ3v) is 3.16. The number of hydrogen-bond donors (Lipinski definition) is 1. The van der Waals surface area contributed by atoms with E-state index in [1.807, 2.05) is 0 Å². The van der Waals surface area contributed by atoms with E-state index in [0.29, 0.717) is 10.6 Å². The van der Waals surface area contributed by atoms with E-state index < -0.39 is 0 Å². The quantitative estimate of drug-likeness (QED) is 0.857. The van der Waals surface area contributed by atoms with E-state index in [-0.39, 0.29) is 18.6 Å². The molecular weight excluding hydrogens is 226 g/mol. The molecule has 2 rings (SSSR count). The molecule has 1 amide bonds. The van der Waals surface area contributed by atoms with Crippen LogP contribution in [0.5, 0.6) is 0 Å². The largest absolute Gasteiger partial charge is 0.394 e. The Bertz CT molecular complexity index is 394. The van der Waals surface area contributed by atoms with Crippen LogP contribution in [0.1, 0.15) is 23.2 Å². The molecule has 1 N–H and O–H groups in total. The summed E-state index contributed by atoms with van der Waals surface area (Å²) in [5.74, 6) is -0.0425. The molecule has 1 atom stereocenters. The molecule has 3 nitrogen and oxygen atoms in total. The molecule has 0 aliphatic carbocycles. The van der Waals surface area contributed by atoms with Crippen LogP contribution in [-0.4, -0.2) is 35.1 Å². The highest BCUT2D eigenvalue weighted by Crippen LogP contribution is 2.20. The lowest BCUT2D eigenvalue weighted by Crippen LogP contribution is -2.37. The van der Waals surface area contributed by atoms with Crippen LogP contribution >= 0.6 is 11.6 Å². The van der Waals surface area contributed by atoms with Gasteiger partial charge in [-0.2, -0.15) is 0 Å². The summed E-state index contributed by atoms with van der Waals surface area (Å²) >= 11 is 5.85. The highest BCUT2D eigenvalue weighted by Gasteiger charge is 2.28. The average molecular weight is 240 g/mol. The van der Waals surface area contributed by atoms with Crippen molar-refractivity contribution in [2.45, 2.75) is 18.9 Å². The summed E-state index contributed by atoms with van der Waals surface area (Å²) in [5, 5.41) is 9.73. The first-order valence-corrected chi connectivity index (χ1v) is 5.77. The van der Waals surface area contributed by atoms with E-state index in [1.165, 1.54) is 0 Å². The number of amides is 1. The van der Waals surface area contributed by atoms with Gasteiger partial charge in [0.15, 0.2) is 0 Å². The van der Waals surface area contributed by atoms with Crippen LogP contribution < -0.4 is 0 Å². The lowest BCUT2D eigenvalue weighted by Gasteiger charge is -2.23. The Hall–Kier alpha value is -1.06. The molecule has 1 unspecified atom stereocenters. The number of halogens is 1. The highest BCUT2D eigenvalue weighted by atomic mass is 35.5. The van der Waals surface area contributed by atoms with Crippen LogP contribution in [0.3, 0.4) is 0 Å². The smallest absolute Gasteiger partial charge is 0.254 e. The third-order valence-electron chi connectivity index (χ3n) is 2.92. The molecule has 0 aromatic heterocycles. The van der Waals surface area contributed by atoms with Gasteiger partial charge in [-0.1, -0.05) is 17.7 Å². The second-order valence-corrected chi connectivity index (χ2v) is 4.42. The van der Waals surface area contributed by atoms with Gasteiger partial charge in [0, 0.05) is 17.1 Å². The van der Waals surface area contributed by atoms with Crippen molar-refractivity contribution < 1.29 is 9.90 Å². The fourth-order valence-electron chi connectivity index (χ4n) is 2.08. The van der Waals surface area contributed by atoms with Gasteiger partial charge in [0.2, 0.25) is 0 Å². The zero-order valence-corrected chi connectivity index (χ0v) is 9.65. The van der Waals surface area contributed by atoms with Crippen LogP contribution in [0.4, 0.5) is 0 Å². The second kappa shape index (κ2) is 4.85. The molecule has 0 spiro atoms. The summed E-state index contributed by atoms with van der Waals surface area (Å²) in [5.41, 5.74) is 0.591. The summed E-state index contributed by atoms with van der Waals surface area (Å²) < 4.78 is 0. The summed E-state index contributed by atoms with van der Waals surface area (Å²) in [4.78, 5) is 13.9. The summed E-state index contributed by atoms with van der Waals surface area (Å²) in [7, 11) is 0. The Morgan fingerprint density at radius 1 is 1.56 bits per heavy atom. The molecule has 0 bridgehead atoms. The Labute approximate surface area is 99.6 Å². The monoisotopic (exact) mass is 239 g/mol. The number of nitrogens with zero attached hydrogens (tertiary/aromatic N) is 1. The molecule has 1 heterocycles. The SMILES string of the molecule is O=C(c1cccc(Cl)c1)N1CCCC1CO. The van der Waals surface area contributed by atoms with E-state index >= 15 is 0 Å².